The van der Waals surface area contributed by atoms with Crippen LogP contribution in [0.25, 0.3) is 0 Å². The van der Waals surface area contributed by atoms with Gasteiger partial charge in [0, 0.05) is 16.7 Å². The van der Waals surface area contributed by atoms with E-state index in [0.717, 1.165) is 29.1 Å². The lowest BCUT2D eigenvalue weighted by Gasteiger charge is -2.22. The van der Waals surface area contributed by atoms with Crippen LogP contribution >= 0.6 is 23.5 Å². The van der Waals surface area contributed by atoms with E-state index in [1.165, 1.54) is 11.8 Å². The van der Waals surface area contributed by atoms with Crippen LogP contribution < -0.4 is 4.90 Å². The zero-order chi connectivity index (χ0) is 19.3. The summed E-state index contributed by atoms with van der Waals surface area (Å²) in [4.78, 5) is 15.9. The first-order valence-electron chi connectivity index (χ1n) is 9.24. The van der Waals surface area contributed by atoms with Crippen molar-refractivity contribution in [1.82, 2.24) is 10.2 Å². The minimum Gasteiger partial charge on any atom is -0.416 e. The highest BCUT2D eigenvalue weighted by atomic mass is 32.2. The molecule has 0 bridgehead atoms. The number of benzene rings is 2. The second kappa shape index (κ2) is 8.84. The fourth-order valence-corrected chi connectivity index (χ4v) is 4.86. The molecule has 1 amide bonds. The Morgan fingerprint density at radius 3 is 2.82 bits per heavy atom. The number of carbonyl (C=O) groups excluding carboxylic acids is 1. The largest absolute Gasteiger partial charge is 0.416 e. The molecule has 0 spiro atoms. The molecule has 0 N–H and O–H groups in total. The Balaban J connectivity index is 1.39. The van der Waals surface area contributed by atoms with Crippen molar-refractivity contribution in [1.29, 1.82) is 0 Å². The van der Waals surface area contributed by atoms with Crippen molar-refractivity contribution in [2.45, 2.75) is 35.1 Å². The molecule has 28 heavy (non-hydrogen) atoms. The highest BCUT2D eigenvalue weighted by molar-refractivity contribution is 8.00. The van der Waals surface area contributed by atoms with Gasteiger partial charge in [-0.05, 0) is 24.1 Å². The second-order valence-electron chi connectivity index (χ2n) is 6.64. The molecule has 0 saturated carbocycles. The van der Waals surface area contributed by atoms with E-state index < -0.39 is 0 Å². The van der Waals surface area contributed by atoms with Crippen molar-refractivity contribution >= 4 is 35.1 Å². The predicted molar refractivity (Wildman–Crippen MR) is 113 cm³/mol. The molecule has 2 heterocycles. The van der Waals surface area contributed by atoms with Crippen LogP contribution in [0, 0.1) is 0 Å². The molecule has 1 atom stereocenters. The third kappa shape index (κ3) is 4.59. The average Bonchev–Trinajstić information content (AvgIpc) is 3.08. The van der Waals surface area contributed by atoms with Crippen LogP contribution in [0.3, 0.4) is 0 Å². The lowest BCUT2D eigenvalue weighted by molar-refractivity contribution is -0.116. The maximum atomic E-state index is 12.9. The number of nitrogens with zero attached hydrogens (tertiary/aromatic N) is 3. The van der Waals surface area contributed by atoms with E-state index in [0.29, 0.717) is 22.8 Å². The minimum absolute atomic E-state index is 0.0648. The van der Waals surface area contributed by atoms with Gasteiger partial charge in [0.25, 0.3) is 5.22 Å². The van der Waals surface area contributed by atoms with Crippen LogP contribution in [0.5, 0.6) is 0 Å². The number of carbonyl (C=O) groups is 1. The van der Waals surface area contributed by atoms with Crippen molar-refractivity contribution < 1.29 is 9.21 Å². The minimum atomic E-state index is 0.0648. The molecule has 0 aliphatic carbocycles. The molecule has 1 aliphatic rings. The Labute approximate surface area is 172 Å². The number of para-hydroxylation sites is 1. The lowest BCUT2D eigenvalue weighted by atomic mass is 10.2. The number of amides is 1. The average molecular weight is 412 g/mol. The molecule has 0 saturated heterocycles. The molecular weight excluding hydrogens is 390 g/mol. The van der Waals surface area contributed by atoms with Crippen molar-refractivity contribution in [2.75, 3.05) is 17.2 Å². The first kappa shape index (κ1) is 19.1. The Bertz CT molecular complexity index is 946. The van der Waals surface area contributed by atoms with Crippen LogP contribution in [0.1, 0.15) is 24.8 Å². The van der Waals surface area contributed by atoms with E-state index in [4.69, 9.17) is 4.42 Å². The van der Waals surface area contributed by atoms with Gasteiger partial charge >= 0.3 is 0 Å². The van der Waals surface area contributed by atoms with Crippen LogP contribution in [-0.4, -0.2) is 33.7 Å². The molecule has 2 aromatic carbocycles. The number of aromatic nitrogens is 2. The molecule has 5 nitrogen and oxygen atoms in total. The Morgan fingerprint density at radius 2 is 1.96 bits per heavy atom. The molecule has 144 valence electrons. The van der Waals surface area contributed by atoms with E-state index >= 15 is 0 Å². The second-order valence-corrected chi connectivity index (χ2v) is 9.05. The number of hydrogen-bond acceptors (Lipinski definition) is 6. The number of fused-ring (bicyclic) bond motifs is 1. The lowest BCUT2D eigenvalue weighted by Crippen LogP contribution is -2.33. The zero-order valence-electron chi connectivity index (χ0n) is 15.6. The molecule has 1 aromatic heterocycles. The summed E-state index contributed by atoms with van der Waals surface area (Å²) < 4.78 is 5.70. The fourth-order valence-electron chi connectivity index (χ4n) is 3.09. The van der Waals surface area contributed by atoms with Crippen LogP contribution in [-0.2, 0) is 11.2 Å². The quantitative estimate of drug-likeness (QED) is 0.569. The number of hydrogen-bond donors (Lipinski definition) is 0. The van der Waals surface area contributed by atoms with Gasteiger partial charge in [-0.25, -0.2) is 0 Å². The monoisotopic (exact) mass is 411 g/mol. The summed E-state index contributed by atoms with van der Waals surface area (Å²) in [6.45, 7) is 2.94. The van der Waals surface area contributed by atoms with E-state index in [9.17, 15) is 4.79 Å². The van der Waals surface area contributed by atoms with Gasteiger partial charge in [-0.3, -0.25) is 4.79 Å². The van der Waals surface area contributed by atoms with Gasteiger partial charge in [0.1, 0.15) is 0 Å². The van der Waals surface area contributed by atoms with Gasteiger partial charge in [-0.2, -0.15) is 0 Å². The summed E-state index contributed by atoms with van der Waals surface area (Å²) in [5.74, 6) is 0.904. The summed E-state index contributed by atoms with van der Waals surface area (Å²) in [6.07, 6.45) is 1.56. The van der Waals surface area contributed by atoms with Crippen LogP contribution in [0.15, 0.2) is 69.1 Å². The van der Waals surface area contributed by atoms with Gasteiger partial charge in [-0.1, -0.05) is 61.2 Å². The first-order valence-corrected chi connectivity index (χ1v) is 11.1. The normalized spacial score (nSPS) is 16.5. The topological polar surface area (TPSA) is 59.2 Å². The molecule has 4 rings (SSSR count). The highest BCUT2D eigenvalue weighted by Crippen LogP contribution is 2.37. The van der Waals surface area contributed by atoms with Crippen molar-refractivity contribution in [3.63, 3.8) is 0 Å². The van der Waals surface area contributed by atoms with Crippen LogP contribution in [0.2, 0.25) is 0 Å². The van der Waals surface area contributed by atoms with E-state index in [1.807, 2.05) is 65.2 Å². The molecule has 7 heteroatoms. The third-order valence-electron chi connectivity index (χ3n) is 4.51. The van der Waals surface area contributed by atoms with E-state index in [-0.39, 0.29) is 11.7 Å². The van der Waals surface area contributed by atoms with Crippen molar-refractivity contribution in [3.05, 3.63) is 66.1 Å². The molecule has 0 radical (unpaired) electrons. The van der Waals surface area contributed by atoms with Gasteiger partial charge in [0.2, 0.25) is 11.8 Å². The predicted octanol–water partition coefficient (Wildman–Crippen LogP) is 4.67. The number of anilines is 1. The van der Waals surface area contributed by atoms with Gasteiger partial charge < -0.3 is 9.32 Å². The number of thioether (sulfide) groups is 2. The SMILES string of the molecule is C[C@H]1CCN(C(=O)CSc2nnc(Cc3ccccc3)o2)c2ccccc2S1. The Morgan fingerprint density at radius 1 is 1.18 bits per heavy atom. The summed E-state index contributed by atoms with van der Waals surface area (Å²) in [6, 6.07) is 18.1. The molecule has 3 aromatic rings. The van der Waals surface area contributed by atoms with Crippen molar-refractivity contribution in [3.8, 4) is 0 Å². The fraction of sp³-hybridized carbons (Fsp3) is 0.286. The maximum absolute atomic E-state index is 12.9. The molecule has 0 fully saturated rings. The van der Waals surface area contributed by atoms with Gasteiger partial charge in [-0.15, -0.1) is 22.0 Å². The molecule has 0 unspecified atom stereocenters. The molecule has 1 aliphatic heterocycles. The standard InChI is InChI=1S/C21H21N3O2S2/c1-15-11-12-24(17-9-5-6-10-18(17)28-15)20(25)14-27-21-23-22-19(26-21)13-16-7-3-2-4-8-16/h2-10,15H,11-14H2,1H3/t15-/m0/s1. The van der Waals surface area contributed by atoms with Gasteiger partial charge in [0.05, 0.1) is 17.9 Å². The summed E-state index contributed by atoms with van der Waals surface area (Å²) in [5, 5.41) is 9.10. The van der Waals surface area contributed by atoms with Crippen molar-refractivity contribution in [2.24, 2.45) is 0 Å². The Hall–Kier alpha value is -2.25. The summed E-state index contributed by atoms with van der Waals surface area (Å²) >= 11 is 3.13. The van der Waals surface area contributed by atoms with E-state index in [1.54, 1.807) is 0 Å². The first-order chi connectivity index (χ1) is 13.7. The Kier molecular flexibility index (Phi) is 6.02. The third-order valence-corrected chi connectivity index (χ3v) is 6.55. The number of rotatable bonds is 5. The zero-order valence-corrected chi connectivity index (χ0v) is 17.2. The summed E-state index contributed by atoms with van der Waals surface area (Å²) in [5.41, 5.74) is 2.12. The maximum Gasteiger partial charge on any atom is 0.277 e. The molecular formula is C21H21N3O2S2. The van der Waals surface area contributed by atoms with Crippen LogP contribution in [0.4, 0.5) is 5.69 Å². The van der Waals surface area contributed by atoms with E-state index in [2.05, 4.69) is 23.2 Å². The highest BCUT2D eigenvalue weighted by Gasteiger charge is 2.24. The van der Waals surface area contributed by atoms with Gasteiger partial charge in [0.15, 0.2) is 0 Å². The summed E-state index contributed by atoms with van der Waals surface area (Å²) in [7, 11) is 0. The smallest absolute Gasteiger partial charge is 0.277 e.